The van der Waals surface area contributed by atoms with E-state index in [0.717, 1.165) is 17.5 Å². The van der Waals surface area contributed by atoms with Gasteiger partial charge in [-0.2, -0.15) is 0 Å². The number of carbonyl (C=O) groups excluding carboxylic acids is 2. The van der Waals surface area contributed by atoms with Crippen LogP contribution in [0.15, 0.2) is 48.5 Å². The highest BCUT2D eigenvalue weighted by Gasteiger charge is 2.29. The molecule has 2 amide bonds. The van der Waals surface area contributed by atoms with Crippen LogP contribution in [0.4, 0.5) is 0 Å². The fourth-order valence-corrected chi connectivity index (χ4v) is 4.29. The average Bonchev–Trinajstić information content (AvgIpc) is 2.74. The molecule has 6 heteroatoms. The van der Waals surface area contributed by atoms with Crippen LogP contribution < -0.4 is 5.32 Å². The number of aryl methyl sites for hydroxylation is 1. The maximum atomic E-state index is 13.2. The highest BCUT2D eigenvalue weighted by atomic mass is 35.5. The van der Waals surface area contributed by atoms with Crippen LogP contribution in [0, 0.1) is 6.92 Å². The monoisotopic (exact) mass is 460 g/mol. The van der Waals surface area contributed by atoms with E-state index < -0.39 is 6.04 Å². The van der Waals surface area contributed by atoms with E-state index in [2.05, 4.69) is 5.32 Å². The largest absolute Gasteiger partial charge is 0.352 e. The lowest BCUT2D eigenvalue weighted by atomic mass is 10.1. The Kier molecular flexibility index (Phi) is 10.4. The third kappa shape index (κ3) is 8.23. The van der Waals surface area contributed by atoms with Gasteiger partial charge in [0.2, 0.25) is 11.8 Å². The van der Waals surface area contributed by atoms with Gasteiger partial charge in [-0.3, -0.25) is 9.59 Å². The van der Waals surface area contributed by atoms with Gasteiger partial charge in [-0.05, 0) is 49.9 Å². The fourth-order valence-electron chi connectivity index (χ4n) is 3.22. The van der Waals surface area contributed by atoms with E-state index >= 15 is 0 Å². The van der Waals surface area contributed by atoms with Gasteiger partial charge in [0.15, 0.2) is 0 Å². The van der Waals surface area contributed by atoms with Crippen molar-refractivity contribution >= 4 is 35.2 Å². The van der Waals surface area contributed by atoms with Crippen LogP contribution in [0.2, 0.25) is 5.02 Å². The number of rotatable bonds is 11. The molecule has 2 atom stereocenters. The smallest absolute Gasteiger partial charge is 0.243 e. The lowest BCUT2D eigenvalue weighted by molar-refractivity contribution is -0.139. The summed E-state index contributed by atoms with van der Waals surface area (Å²) in [6.45, 7) is 8.43. The summed E-state index contributed by atoms with van der Waals surface area (Å²) in [4.78, 5) is 27.9. The molecule has 2 unspecified atom stereocenters. The van der Waals surface area contributed by atoms with Crippen LogP contribution in [-0.2, 0) is 21.9 Å². The highest BCUT2D eigenvalue weighted by molar-refractivity contribution is 7.99. The molecule has 4 nitrogen and oxygen atoms in total. The first-order valence-electron chi connectivity index (χ1n) is 10.8. The topological polar surface area (TPSA) is 49.4 Å². The van der Waals surface area contributed by atoms with Crippen LogP contribution in [0.3, 0.4) is 0 Å². The Labute approximate surface area is 195 Å². The Morgan fingerprint density at radius 1 is 1.06 bits per heavy atom. The Hall–Kier alpha value is -1.98. The number of benzene rings is 2. The Morgan fingerprint density at radius 2 is 1.77 bits per heavy atom. The van der Waals surface area contributed by atoms with Gasteiger partial charge in [0.1, 0.15) is 6.04 Å². The number of thioether (sulfide) groups is 1. The maximum absolute atomic E-state index is 13.2. The number of hydrogen-bond donors (Lipinski definition) is 1. The summed E-state index contributed by atoms with van der Waals surface area (Å²) in [7, 11) is 0. The van der Waals surface area contributed by atoms with E-state index in [-0.39, 0.29) is 17.9 Å². The summed E-state index contributed by atoms with van der Waals surface area (Å²) >= 11 is 7.60. The molecule has 0 fully saturated rings. The first kappa shape index (κ1) is 25.3. The molecule has 0 saturated heterocycles. The number of carbonyl (C=O) groups is 2. The summed E-state index contributed by atoms with van der Waals surface area (Å²) in [5.41, 5.74) is 3.27. The van der Waals surface area contributed by atoms with E-state index in [9.17, 15) is 9.59 Å². The van der Waals surface area contributed by atoms with Gasteiger partial charge >= 0.3 is 0 Å². The predicted octanol–water partition coefficient (Wildman–Crippen LogP) is 5.60. The Balaban J connectivity index is 2.13. The van der Waals surface area contributed by atoms with Gasteiger partial charge in [0, 0.05) is 23.4 Å². The number of nitrogens with one attached hydrogen (secondary N) is 1. The van der Waals surface area contributed by atoms with Crippen LogP contribution >= 0.6 is 23.4 Å². The fraction of sp³-hybridized carbons (Fsp3) is 0.440. The number of nitrogens with zero attached hydrogens (tertiary/aromatic N) is 1. The van der Waals surface area contributed by atoms with Crippen LogP contribution in [0.25, 0.3) is 0 Å². The van der Waals surface area contributed by atoms with Gasteiger partial charge in [-0.15, -0.1) is 11.8 Å². The minimum Gasteiger partial charge on any atom is -0.352 e. The quantitative estimate of drug-likeness (QED) is 0.474. The summed E-state index contributed by atoms with van der Waals surface area (Å²) in [5, 5.41) is 3.74. The molecule has 168 valence electrons. The van der Waals surface area contributed by atoms with Gasteiger partial charge in [-0.25, -0.2) is 0 Å². The second-order valence-corrected chi connectivity index (χ2v) is 9.29. The second kappa shape index (κ2) is 12.8. The van der Waals surface area contributed by atoms with E-state index in [1.807, 2.05) is 76.2 Å². The minimum atomic E-state index is -0.491. The molecule has 0 radical (unpaired) electrons. The van der Waals surface area contributed by atoms with Gasteiger partial charge < -0.3 is 10.2 Å². The van der Waals surface area contributed by atoms with Crippen molar-refractivity contribution in [3.8, 4) is 0 Å². The van der Waals surface area contributed by atoms with Crippen LogP contribution in [0.5, 0.6) is 0 Å². The molecule has 1 N–H and O–H groups in total. The van der Waals surface area contributed by atoms with E-state index in [1.54, 1.807) is 16.7 Å². The molecule has 0 spiro atoms. The molecular formula is C25H33ClN2O2S. The van der Waals surface area contributed by atoms with Gasteiger partial charge in [-0.1, -0.05) is 67.4 Å². The zero-order valence-electron chi connectivity index (χ0n) is 18.9. The molecule has 31 heavy (non-hydrogen) atoms. The average molecular weight is 461 g/mol. The standard InChI is InChI=1S/C25H33ClN2O2S/c1-5-19(4)27-25(30)23(6-2)28(15-20-12-10-18(3)11-13-20)24(29)17-31-16-21-8-7-9-22(26)14-21/h7-14,19,23H,5-6,15-17H2,1-4H3,(H,27,30). The lowest BCUT2D eigenvalue weighted by Crippen LogP contribution is -2.51. The summed E-state index contributed by atoms with van der Waals surface area (Å²) in [5.74, 6) is 0.891. The van der Waals surface area contributed by atoms with Crippen molar-refractivity contribution in [1.29, 1.82) is 0 Å². The van der Waals surface area contributed by atoms with E-state index in [4.69, 9.17) is 11.6 Å². The molecule has 0 aliphatic rings. The second-order valence-electron chi connectivity index (χ2n) is 7.87. The van der Waals surface area contributed by atoms with Gasteiger partial charge in [0.25, 0.3) is 0 Å². The molecule has 2 aromatic carbocycles. The van der Waals surface area contributed by atoms with Crippen molar-refractivity contribution in [3.05, 3.63) is 70.2 Å². The van der Waals surface area contributed by atoms with Crippen molar-refractivity contribution in [2.24, 2.45) is 0 Å². The zero-order chi connectivity index (χ0) is 22.8. The SMILES string of the molecule is CCC(C)NC(=O)C(CC)N(Cc1ccc(C)cc1)C(=O)CSCc1cccc(Cl)c1. The first-order valence-corrected chi connectivity index (χ1v) is 12.3. The van der Waals surface area contributed by atoms with Crippen molar-refractivity contribution in [2.75, 3.05) is 5.75 Å². The van der Waals surface area contributed by atoms with E-state index in [0.29, 0.717) is 29.5 Å². The van der Waals surface area contributed by atoms with Crippen LogP contribution in [0.1, 0.15) is 50.3 Å². The summed E-state index contributed by atoms with van der Waals surface area (Å²) in [6, 6.07) is 15.4. The molecule has 0 aliphatic heterocycles. The minimum absolute atomic E-state index is 0.0289. The Bertz CT molecular complexity index is 857. The zero-order valence-corrected chi connectivity index (χ0v) is 20.4. The molecule has 0 saturated carbocycles. The van der Waals surface area contributed by atoms with Crippen molar-refractivity contribution < 1.29 is 9.59 Å². The lowest BCUT2D eigenvalue weighted by Gasteiger charge is -2.31. The number of amides is 2. The Morgan fingerprint density at radius 3 is 2.39 bits per heavy atom. The van der Waals surface area contributed by atoms with Crippen LogP contribution in [-0.4, -0.2) is 34.6 Å². The van der Waals surface area contributed by atoms with E-state index in [1.165, 1.54) is 5.56 Å². The summed E-state index contributed by atoms with van der Waals surface area (Å²) in [6.07, 6.45) is 1.42. The number of hydrogen-bond acceptors (Lipinski definition) is 3. The number of halogens is 1. The third-order valence-electron chi connectivity index (χ3n) is 5.24. The highest BCUT2D eigenvalue weighted by Crippen LogP contribution is 2.19. The molecule has 0 aromatic heterocycles. The molecule has 0 aliphatic carbocycles. The molecular weight excluding hydrogens is 428 g/mol. The predicted molar refractivity (Wildman–Crippen MR) is 131 cm³/mol. The first-order chi connectivity index (χ1) is 14.8. The normalized spacial score (nSPS) is 12.8. The third-order valence-corrected chi connectivity index (χ3v) is 6.47. The maximum Gasteiger partial charge on any atom is 0.243 e. The molecule has 0 bridgehead atoms. The summed E-state index contributed by atoms with van der Waals surface area (Å²) < 4.78 is 0. The molecule has 0 heterocycles. The van der Waals surface area contributed by atoms with Crippen molar-refractivity contribution in [2.45, 2.75) is 64.9 Å². The van der Waals surface area contributed by atoms with Crippen molar-refractivity contribution in [1.82, 2.24) is 10.2 Å². The van der Waals surface area contributed by atoms with Crippen molar-refractivity contribution in [3.63, 3.8) is 0 Å². The molecule has 2 aromatic rings. The molecule has 2 rings (SSSR count). The van der Waals surface area contributed by atoms with Gasteiger partial charge in [0.05, 0.1) is 5.75 Å².